The summed E-state index contributed by atoms with van der Waals surface area (Å²) in [7, 11) is 2.17. The number of anilines is 1. The topological polar surface area (TPSA) is 19.4 Å². The number of fused-ring (bicyclic) bond motifs is 1. The van der Waals surface area contributed by atoms with Gasteiger partial charge in [-0.2, -0.15) is 0 Å². The molecule has 0 spiro atoms. The molecule has 3 nitrogen and oxygen atoms in total. The molecule has 0 fully saturated rings. The molecule has 1 aliphatic heterocycles. The number of aromatic nitrogens is 1. The minimum atomic E-state index is 0.527. The molecule has 2 rings (SSSR count). The Balaban J connectivity index is 2.44. The molecule has 0 radical (unpaired) electrons. The molecule has 100 valence electrons. The second kappa shape index (κ2) is 5.27. The molecule has 0 aromatic carbocycles. The van der Waals surface area contributed by atoms with Crippen LogP contribution in [0, 0.1) is 0 Å². The highest BCUT2D eigenvalue weighted by atomic mass is 15.2. The van der Waals surface area contributed by atoms with Crippen LogP contribution in [0.1, 0.15) is 44.9 Å². The molecular formula is C15H25N3. The van der Waals surface area contributed by atoms with E-state index in [1.165, 1.54) is 16.9 Å². The highest BCUT2D eigenvalue weighted by Gasteiger charge is 2.21. The Morgan fingerprint density at radius 3 is 2.50 bits per heavy atom. The fourth-order valence-electron chi connectivity index (χ4n) is 2.45. The second-order valence-electron chi connectivity index (χ2n) is 5.91. The van der Waals surface area contributed by atoms with Crippen molar-refractivity contribution in [1.29, 1.82) is 0 Å². The minimum absolute atomic E-state index is 0.527. The summed E-state index contributed by atoms with van der Waals surface area (Å²) in [5.74, 6) is 0.540. The van der Waals surface area contributed by atoms with Crippen molar-refractivity contribution in [1.82, 2.24) is 9.88 Å². The maximum absolute atomic E-state index is 4.70. The molecule has 0 atom stereocenters. The van der Waals surface area contributed by atoms with Gasteiger partial charge in [0.15, 0.2) is 0 Å². The first-order chi connectivity index (χ1) is 8.49. The van der Waals surface area contributed by atoms with Gasteiger partial charge >= 0.3 is 0 Å². The van der Waals surface area contributed by atoms with E-state index in [1.807, 2.05) is 6.20 Å². The van der Waals surface area contributed by atoms with Gasteiger partial charge in [-0.15, -0.1) is 0 Å². The van der Waals surface area contributed by atoms with Gasteiger partial charge in [-0.05, 0) is 38.4 Å². The van der Waals surface area contributed by atoms with Crippen molar-refractivity contribution >= 4 is 5.69 Å². The Labute approximate surface area is 111 Å². The fraction of sp³-hybridized carbons (Fsp3) is 0.667. The average Bonchev–Trinajstić information content (AvgIpc) is 2.46. The Bertz CT molecular complexity index is 412. The lowest BCUT2D eigenvalue weighted by atomic mass is 10.0. The van der Waals surface area contributed by atoms with Crippen LogP contribution < -0.4 is 4.90 Å². The van der Waals surface area contributed by atoms with Crippen molar-refractivity contribution < 1.29 is 0 Å². The molecular weight excluding hydrogens is 222 g/mol. The SMILES string of the molecule is CC(C)c1cnc2c(c1)N(C(C)C)CCN(C)C2. The van der Waals surface area contributed by atoms with Crippen molar-refractivity contribution in [2.24, 2.45) is 0 Å². The van der Waals surface area contributed by atoms with E-state index in [0.29, 0.717) is 12.0 Å². The molecule has 1 aromatic heterocycles. The van der Waals surface area contributed by atoms with Gasteiger partial charge in [0.05, 0.1) is 11.4 Å². The maximum Gasteiger partial charge on any atom is 0.0777 e. The van der Waals surface area contributed by atoms with Crippen LogP contribution >= 0.6 is 0 Å². The van der Waals surface area contributed by atoms with Gasteiger partial charge in [-0.25, -0.2) is 0 Å². The van der Waals surface area contributed by atoms with Crippen LogP contribution in [-0.2, 0) is 6.54 Å². The van der Waals surface area contributed by atoms with Gasteiger partial charge in [-0.3, -0.25) is 9.88 Å². The summed E-state index contributed by atoms with van der Waals surface area (Å²) in [5.41, 5.74) is 3.89. The zero-order valence-corrected chi connectivity index (χ0v) is 12.3. The maximum atomic E-state index is 4.70. The molecule has 0 N–H and O–H groups in total. The summed E-state index contributed by atoms with van der Waals surface area (Å²) in [6, 6.07) is 2.87. The van der Waals surface area contributed by atoms with Crippen LogP contribution in [0.3, 0.4) is 0 Å². The van der Waals surface area contributed by atoms with Crippen molar-refractivity contribution in [2.45, 2.75) is 46.2 Å². The van der Waals surface area contributed by atoms with Crippen LogP contribution in [0.4, 0.5) is 5.69 Å². The summed E-state index contributed by atoms with van der Waals surface area (Å²) in [5, 5.41) is 0. The second-order valence-corrected chi connectivity index (χ2v) is 5.91. The molecule has 0 aliphatic carbocycles. The van der Waals surface area contributed by atoms with Crippen LogP contribution in [0.5, 0.6) is 0 Å². The first kappa shape index (κ1) is 13.3. The van der Waals surface area contributed by atoms with Gasteiger partial charge in [0.25, 0.3) is 0 Å². The van der Waals surface area contributed by atoms with Crippen molar-refractivity contribution in [3.63, 3.8) is 0 Å². The lowest BCUT2D eigenvalue weighted by molar-refractivity contribution is 0.336. The van der Waals surface area contributed by atoms with Gasteiger partial charge in [0, 0.05) is 31.9 Å². The van der Waals surface area contributed by atoms with Crippen molar-refractivity contribution in [2.75, 3.05) is 25.0 Å². The summed E-state index contributed by atoms with van der Waals surface area (Å²) >= 11 is 0. The smallest absolute Gasteiger partial charge is 0.0777 e. The predicted molar refractivity (Wildman–Crippen MR) is 77.1 cm³/mol. The number of rotatable bonds is 2. The normalized spacial score (nSPS) is 17.2. The van der Waals surface area contributed by atoms with Gasteiger partial charge in [-0.1, -0.05) is 13.8 Å². The van der Waals surface area contributed by atoms with Crippen LogP contribution in [0.2, 0.25) is 0 Å². The first-order valence-corrected chi connectivity index (χ1v) is 6.93. The van der Waals surface area contributed by atoms with E-state index in [0.717, 1.165) is 19.6 Å². The quantitative estimate of drug-likeness (QED) is 0.801. The number of nitrogens with zero attached hydrogens (tertiary/aromatic N) is 3. The van der Waals surface area contributed by atoms with E-state index >= 15 is 0 Å². The van der Waals surface area contributed by atoms with Crippen molar-refractivity contribution in [3.05, 3.63) is 23.5 Å². The summed E-state index contributed by atoms with van der Waals surface area (Å²) < 4.78 is 0. The van der Waals surface area contributed by atoms with Crippen LogP contribution in [-0.4, -0.2) is 36.1 Å². The van der Waals surface area contributed by atoms with E-state index in [1.54, 1.807) is 0 Å². The Morgan fingerprint density at radius 2 is 1.89 bits per heavy atom. The van der Waals surface area contributed by atoms with E-state index in [9.17, 15) is 0 Å². The molecule has 0 bridgehead atoms. The predicted octanol–water partition coefficient (Wildman–Crippen LogP) is 2.87. The lowest BCUT2D eigenvalue weighted by Gasteiger charge is -2.29. The standard InChI is InChI=1S/C15H25N3/c1-11(2)13-8-15-14(16-9-13)10-17(5)6-7-18(15)12(3)4/h8-9,11-12H,6-7,10H2,1-5H3. The van der Waals surface area contributed by atoms with E-state index in [2.05, 4.69) is 50.6 Å². The first-order valence-electron chi connectivity index (χ1n) is 6.93. The molecule has 1 aliphatic rings. The number of likely N-dealkylation sites (N-methyl/N-ethyl adjacent to an activating group) is 1. The molecule has 0 amide bonds. The van der Waals surface area contributed by atoms with Crippen LogP contribution in [0.25, 0.3) is 0 Å². The molecule has 0 saturated heterocycles. The minimum Gasteiger partial charge on any atom is -0.366 e. The average molecular weight is 247 g/mol. The van der Waals surface area contributed by atoms with E-state index in [-0.39, 0.29) is 0 Å². The number of hydrogen-bond acceptors (Lipinski definition) is 3. The molecule has 3 heteroatoms. The molecule has 0 saturated carbocycles. The number of hydrogen-bond donors (Lipinski definition) is 0. The van der Waals surface area contributed by atoms with Gasteiger partial charge in [0.2, 0.25) is 0 Å². The highest BCUT2D eigenvalue weighted by Crippen LogP contribution is 2.28. The Kier molecular flexibility index (Phi) is 3.91. The fourth-order valence-corrected chi connectivity index (χ4v) is 2.45. The zero-order chi connectivity index (χ0) is 13.3. The third-order valence-electron chi connectivity index (χ3n) is 3.71. The Hall–Kier alpha value is -1.09. The molecule has 18 heavy (non-hydrogen) atoms. The van der Waals surface area contributed by atoms with Gasteiger partial charge in [0.1, 0.15) is 0 Å². The van der Waals surface area contributed by atoms with E-state index in [4.69, 9.17) is 4.98 Å². The monoisotopic (exact) mass is 247 g/mol. The van der Waals surface area contributed by atoms with E-state index < -0.39 is 0 Å². The van der Waals surface area contributed by atoms with Crippen molar-refractivity contribution in [3.8, 4) is 0 Å². The van der Waals surface area contributed by atoms with Gasteiger partial charge < -0.3 is 4.90 Å². The summed E-state index contributed by atoms with van der Waals surface area (Å²) in [4.78, 5) is 9.53. The molecule has 0 unspecified atom stereocenters. The molecule has 2 heterocycles. The highest BCUT2D eigenvalue weighted by molar-refractivity contribution is 5.54. The summed E-state index contributed by atoms with van der Waals surface area (Å²) in [6.45, 7) is 12.1. The third-order valence-corrected chi connectivity index (χ3v) is 3.71. The lowest BCUT2D eigenvalue weighted by Crippen LogP contribution is -2.35. The van der Waals surface area contributed by atoms with Crippen LogP contribution in [0.15, 0.2) is 12.3 Å². The molecule has 1 aromatic rings. The largest absolute Gasteiger partial charge is 0.366 e. The zero-order valence-electron chi connectivity index (χ0n) is 12.3. The third kappa shape index (κ3) is 2.66. The number of pyridine rings is 1. The Morgan fingerprint density at radius 1 is 1.17 bits per heavy atom. The summed E-state index contributed by atoms with van der Waals surface area (Å²) in [6.07, 6.45) is 2.04.